The van der Waals surface area contributed by atoms with Crippen molar-refractivity contribution in [3.05, 3.63) is 35.4 Å². The largest absolute Gasteiger partial charge is 0.441 e. The van der Waals surface area contributed by atoms with Crippen LogP contribution in [0.1, 0.15) is 30.6 Å². The second-order valence-corrected chi connectivity index (χ2v) is 4.42. The van der Waals surface area contributed by atoms with Gasteiger partial charge in [-0.25, -0.2) is 4.79 Å². The zero-order valence-corrected chi connectivity index (χ0v) is 9.93. The molecule has 2 unspecified atom stereocenters. The first kappa shape index (κ1) is 11.0. The number of ether oxygens (including phenoxy) is 1. The van der Waals surface area contributed by atoms with E-state index in [9.17, 15) is 4.79 Å². The first-order valence-corrected chi connectivity index (χ1v) is 5.58. The molecule has 0 saturated carbocycles. The highest BCUT2D eigenvalue weighted by Gasteiger charge is 2.31. The Morgan fingerprint density at radius 2 is 2.06 bits per heavy atom. The summed E-state index contributed by atoms with van der Waals surface area (Å²) in [4.78, 5) is 13.3. The maximum absolute atomic E-state index is 11.6. The summed E-state index contributed by atoms with van der Waals surface area (Å²) in [5.41, 5.74) is 2.30. The predicted molar refractivity (Wildman–Crippen MR) is 62.2 cm³/mol. The van der Waals surface area contributed by atoms with Crippen molar-refractivity contribution in [3.8, 4) is 0 Å². The number of amides is 1. The first-order chi connectivity index (χ1) is 7.59. The van der Waals surface area contributed by atoms with E-state index < -0.39 is 0 Å². The van der Waals surface area contributed by atoms with E-state index in [-0.39, 0.29) is 18.2 Å². The molecule has 0 aliphatic carbocycles. The van der Waals surface area contributed by atoms with Gasteiger partial charge in [0.1, 0.15) is 6.10 Å². The molecule has 1 aliphatic rings. The van der Waals surface area contributed by atoms with E-state index in [1.807, 2.05) is 38.1 Å². The number of carbonyl (C=O) groups excluding carboxylic acids is 1. The monoisotopic (exact) mass is 219 g/mol. The summed E-state index contributed by atoms with van der Waals surface area (Å²) in [5, 5.41) is 0. The number of nitrogens with zero attached hydrogens (tertiary/aromatic N) is 1. The van der Waals surface area contributed by atoms with Crippen LogP contribution >= 0.6 is 0 Å². The zero-order chi connectivity index (χ0) is 11.7. The number of aryl methyl sites for hydroxylation is 1. The number of carbonyl (C=O) groups is 1. The third-order valence-corrected chi connectivity index (χ3v) is 3.28. The van der Waals surface area contributed by atoms with Gasteiger partial charge in [-0.15, -0.1) is 0 Å². The molecule has 0 spiro atoms. The Morgan fingerprint density at radius 1 is 1.38 bits per heavy atom. The van der Waals surface area contributed by atoms with Crippen LogP contribution in [-0.4, -0.2) is 24.1 Å². The quantitative estimate of drug-likeness (QED) is 0.726. The lowest BCUT2D eigenvalue weighted by Gasteiger charge is -2.35. The minimum atomic E-state index is -0.230. The zero-order valence-electron chi connectivity index (χ0n) is 9.93. The highest BCUT2D eigenvalue weighted by Crippen LogP contribution is 2.31. The standard InChI is InChI=1S/C13H17NO2/c1-9-6-4-5-7-11(9)12-8-10(2)14(3)13(15)16-12/h4-7,10,12H,8H2,1-3H3. The lowest BCUT2D eigenvalue weighted by atomic mass is 9.97. The number of rotatable bonds is 1. The van der Waals surface area contributed by atoms with Gasteiger partial charge in [0.05, 0.1) is 0 Å². The average molecular weight is 219 g/mol. The summed E-state index contributed by atoms with van der Waals surface area (Å²) in [6, 6.07) is 8.29. The van der Waals surface area contributed by atoms with E-state index in [2.05, 4.69) is 0 Å². The van der Waals surface area contributed by atoms with Gasteiger partial charge >= 0.3 is 6.09 Å². The van der Waals surface area contributed by atoms with Gasteiger partial charge in [0.15, 0.2) is 0 Å². The van der Waals surface area contributed by atoms with Crippen LogP contribution in [0.5, 0.6) is 0 Å². The third-order valence-electron chi connectivity index (χ3n) is 3.28. The molecular weight excluding hydrogens is 202 g/mol. The molecule has 1 aromatic carbocycles. The molecule has 1 amide bonds. The Kier molecular flexibility index (Phi) is 2.86. The van der Waals surface area contributed by atoms with E-state index >= 15 is 0 Å². The first-order valence-electron chi connectivity index (χ1n) is 5.58. The van der Waals surface area contributed by atoms with Crippen LogP contribution in [0.4, 0.5) is 4.79 Å². The number of hydrogen-bond acceptors (Lipinski definition) is 2. The summed E-state index contributed by atoms with van der Waals surface area (Å²) < 4.78 is 5.42. The molecule has 1 aliphatic heterocycles. The normalized spacial score (nSPS) is 25.4. The lowest BCUT2D eigenvalue weighted by molar-refractivity contribution is 0.0110. The van der Waals surface area contributed by atoms with Crippen LogP contribution in [0.15, 0.2) is 24.3 Å². The molecule has 2 atom stereocenters. The summed E-state index contributed by atoms with van der Waals surface area (Å²) in [6.07, 6.45) is 0.527. The Bertz CT molecular complexity index is 403. The molecule has 3 nitrogen and oxygen atoms in total. The van der Waals surface area contributed by atoms with Gasteiger partial charge < -0.3 is 9.64 Å². The Labute approximate surface area is 96.0 Å². The summed E-state index contributed by atoms with van der Waals surface area (Å²) in [5.74, 6) is 0. The van der Waals surface area contributed by atoms with Crippen molar-refractivity contribution in [1.82, 2.24) is 4.90 Å². The maximum Gasteiger partial charge on any atom is 0.410 e. The fourth-order valence-electron chi connectivity index (χ4n) is 2.04. The molecule has 0 bridgehead atoms. The van der Waals surface area contributed by atoms with E-state index in [0.29, 0.717) is 0 Å². The van der Waals surface area contributed by atoms with Crippen LogP contribution in [0.25, 0.3) is 0 Å². The summed E-state index contributed by atoms with van der Waals surface area (Å²) in [6.45, 7) is 4.10. The van der Waals surface area contributed by atoms with Crippen molar-refractivity contribution in [1.29, 1.82) is 0 Å². The average Bonchev–Trinajstić information content (AvgIpc) is 2.26. The SMILES string of the molecule is Cc1ccccc1C1CC(C)N(C)C(=O)O1. The predicted octanol–water partition coefficient (Wildman–Crippen LogP) is 2.90. The molecule has 16 heavy (non-hydrogen) atoms. The molecule has 86 valence electrons. The highest BCUT2D eigenvalue weighted by atomic mass is 16.6. The molecule has 1 aromatic rings. The molecule has 0 aromatic heterocycles. The van der Waals surface area contributed by atoms with Crippen molar-refractivity contribution < 1.29 is 9.53 Å². The lowest BCUT2D eigenvalue weighted by Crippen LogP contribution is -2.42. The van der Waals surface area contributed by atoms with Gasteiger partial charge in [0, 0.05) is 19.5 Å². The third kappa shape index (κ3) is 1.90. The Hall–Kier alpha value is -1.51. The van der Waals surface area contributed by atoms with Gasteiger partial charge in [0.2, 0.25) is 0 Å². The van der Waals surface area contributed by atoms with E-state index in [4.69, 9.17) is 4.74 Å². The van der Waals surface area contributed by atoms with Crippen LogP contribution in [0.3, 0.4) is 0 Å². The number of benzene rings is 1. The van der Waals surface area contributed by atoms with E-state index in [1.165, 1.54) is 5.56 Å². The molecule has 3 heteroatoms. The fourth-order valence-corrected chi connectivity index (χ4v) is 2.04. The molecular formula is C13H17NO2. The van der Waals surface area contributed by atoms with Crippen LogP contribution < -0.4 is 0 Å². The molecule has 1 heterocycles. The summed E-state index contributed by atoms with van der Waals surface area (Å²) in [7, 11) is 1.78. The van der Waals surface area contributed by atoms with Crippen molar-refractivity contribution >= 4 is 6.09 Å². The Balaban J connectivity index is 2.24. The Morgan fingerprint density at radius 3 is 2.69 bits per heavy atom. The highest BCUT2D eigenvalue weighted by molar-refractivity contribution is 5.69. The van der Waals surface area contributed by atoms with Crippen LogP contribution in [0.2, 0.25) is 0 Å². The van der Waals surface area contributed by atoms with Crippen LogP contribution in [-0.2, 0) is 4.74 Å². The van der Waals surface area contributed by atoms with Crippen molar-refractivity contribution in [3.63, 3.8) is 0 Å². The molecule has 0 N–H and O–H groups in total. The van der Waals surface area contributed by atoms with Gasteiger partial charge in [-0.1, -0.05) is 24.3 Å². The molecule has 2 rings (SSSR count). The fraction of sp³-hybridized carbons (Fsp3) is 0.462. The number of hydrogen-bond donors (Lipinski definition) is 0. The molecule has 1 fully saturated rings. The summed E-state index contributed by atoms with van der Waals surface area (Å²) >= 11 is 0. The topological polar surface area (TPSA) is 29.5 Å². The molecule has 0 radical (unpaired) electrons. The van der Waals surface area contributed by atoms with E-state index in [0.717, 1.165) is 12.0 Å². The minimum absolute atomic E-state index is 0.0973. The second kappa shape index (κ2) is 4.16. The maximum atomic E-state index is 11.6. The van der Waals surface area contributed by atoms with Gasteiger partial charge in [-0.2, -0.15) is 0 Å². The van der Waals surface area contributed by atoms with Gasteiger partial charge in [-0.05, 0) is 25.0 Å². The van der Waals surface area contributed by atoms with Crippen LogP contribution in [0, 0.1) is 6.92 Å². The molecule has 1 saturated heterocycles. The van der Waals surface area contributed by atoms with Crippen molar-refractivity contribution in [2.45, 2.75) is 32.4 Å². The van der Waals surface area contributed by atoms with Gasteiger partial charge in [0.25, 0.3) is 0 Å². The minimum Gasteiger partial charge on any atom is -0.441 e. The van der Waals surface area contributed by atoms with Gasteiger partial charge in [-0.3, -0.25) is 0 Å². The second-order valence-electron chi connectivity index (χ2n) is 4.42. The smallest absolute Gasteiger partial charge is 0.410 e. The van der Waals surface area contributed by atoms with Crippen molar-refractivity contribution in [2.75, 3.05) is 7.05 Å². The van der Waals surface area contributed by atoms with E-state index in [1.54, 1.807) is 11.9 Å². The van der Waals surface area contributed by atoms with Crippen molar-refractivity contribution in [2.24, 2.45) is 0 Å². The number of cyclic esters (lactones) is 1.